The number of benzene rings is 1. The third kappa shape index (κ3) is 2.55. The summed E-state index contributed by atoms with van der Waals surface area (Å²) in [6, 6.07) is 5.68. The van der Waals surface area contributed by atoms with Crippen molar-refractivity contribution in [1.82, 2.24) is 15.2 Å². The zero-order valence-electron chi connectivity index (χ0n) is 11.2. The van der Waals surface area contributed by atoms with Gasteiger partial charge in [-0.25, -0.2) is 4.98 Å². The third-order valence-electron chi connectivity index (χ3n) is 3.05. The Morgan fingerprint density at radius 1 is 1.40 bits per heavy atom. The van der Waals surface area contributed by atoms with Gasteiger partial charge in [0.05, 0.1) is 28.8 Å². The van der Waals surface area contributed by atoms with Crippen LogP contribution >= 0.6 is 11.3 Å². The summed E-state index contributed by atoms with van der Waals surface area (Å²) in [7, 11) is 0. The van der Waals surface area contributed by atoms with Gasteiger partial charge in [0.15, 0.2) is 0 Å². The first kappa shape index (κ1) is 12.8. The van der Waals surface area contributed by atoms with Crippen LogP contribution in [0.25, 0.3) is 10.9 Å². The first-order valence-electron chi connectivity index (χ1n) is 6.28. The fourth-order valence-corrected chi connectivity index (χ4v) is 3.04. The van der Waals surface area contributed by atoms with E-state index < -0.39 is 0 Å². The number of anilines is 1. The van der Waals surface area contributed by atoms with E-state index in [1.807, 2.05) is 32.0 Å². The maximum absolute atomic E-state index is 12.1. The van der Waals surface area contributed by atoms with Crippen LogP contribution in [-0.4, -0.2) is 21.1 Å². The molecule has 0 saturated carbocycles. The summed E-state index contributed by atoms with van der Waals surface area (Å²) in [5, 5.41) is 11.8. The van der Waals surface area contributed by atoms with E-state index in [1.54, 1.807) is 17.5 Å². The van der Waals surface area contributed by atoms with Crippen LogP contribution in [0.5, 0.6) is 0 Å². The van der Waals surface area contributed by atoms with Gasteiger partial charge in [0.2, 0.25) is 5.91 Å². The lowest BCUT2D eigenvalue weighted by Crippen LogP contribution is -2.14. The van der Waals surface area contributed by atoms with Crippen LogP contribution in [0.2, 0.25) is 0 Å². The van der Waals surface area contributed by atoms with Gasteiger partial charge in [-0.2, -0.15) is 5.10 Å². The molecule has 2 aromatic heterocycles. The van der Waals surface area contributed by atoms with Crippen molar-refractivity contribution in [3.05, 3.63) is 40.0 Å². The number of nitrogens with zero attached hydrogens (tertiary/aromatic N) is 2. The highest BCUT2D eigenvalue weighted by atomic mass is 32.1. The highest BCUT2D eigenvalue weighted by Crippen LogP contribution is 2.20. The average molecular weight is 286 g/mol. The Bertz CT molecular complexity index is 774. The zero-order valence-corrected chi connectivity index (χ0v) is 12.0. The number of nitrogens with one attached hydrogen (secondary N) is 2. The van der Waals surface area contributed by atoms with Crippen LogP contribution < -0.4 is 5.32 Å². The Labute approximate surface area is 120 Å². The first-order valence-corrected chi connectivity index (χ1v) is 7.09. The molecule has 0 bridgehead atoms. The molecular weight excluding hydrogens is 272 g/mol. The van der Waals surface area contributed by atoms with Gasteiger partial charge < -0.3 is 5.32 Å². The largest absolute Gasteiger partial charge is 0.326 e. The minimum atomic E-state index is -0.0318. The molecule has 3 aromatic rings. The number of aromatic amines is 1. The number of fused-ring (bicyclic) bond motifs is 1. The number of carbonyl (C=O) groups excluding carboxylic acids is 1. The van der Waals surface area contributed by atoms with E-state index >= 15 is 0 Å². The minimum absolute atomic E-state index is 0.0318. The quantitative estimate of drug-likeness (QED) is 0.777. The van der Waals surface area contributed by atoms with E-state index in [2.05, 4.69) is 20.5 Å². The van der Waals surface area contributed by atoms with Crippen LogP contribution in [0.3, 0.4) is 0 Å². The molecule has 2 N–H and O–H groups in total. The van der Waals surface area contributed by atoms with Crippen molar-refractivity contribution in [2.75, 3.05) is 5.32 Å². The summed E-state index contributed by atoms with van der Waals surface area (Å²) >= 11 is 1.57. The van der Waals surface area contributed by atoms with Crippen molar-refractivity contribution in [2.24, 2.45) is 0 Å². The molecule has 1 amide bonds. The number of aryl methyl sites for hydroxylation is 2. The number of hydrogen-bond donors (Lipinski definition) is 2. The van der Waals surface area contributed by atoms with Crippen LogP contribution in [0, 0.1) is 13.8 Å². The van der Waals surface area contributed by atoms with Crippen LogP contribution in [0.1, 0.15) is 15.6 Å². The molecule has 20 heavy (non-hydrogen) atoms. The number of hydrogen-bond acceptors (Lipinski definition) is 4. The summed E-state index contributed by atoms with van der Waals surface area (Å²) < 4.78 is 0. The van der Waals surface area contributed by atoms with Crippen molar-refractivity contribution >= 4 is 33.8 Å². The third-order valence-corrected chi connectivity index (χ3v) is 4.12. The van der Waals surface area contributed by atoms with Crippen molar-refractivity contribution in [1.29, 1.82) is 0 Å². The van der Waals surface area contributed by atoms with Gasteiger partial charge in [0.1, 0.15) is 0 Å². The Kier molecular flexibility index (Phi) is 3.23. The van der Waals surface area contributed by atoms with Gasteiger partial charge in [-0.3, -0.25) is 9.89 Å². The summed E-state index contributed by atoms with van der Waals surface area (Å²) in [5.74, 6) is -0.0318. The van der Waals surface area contributed by atoms with Crippen molar-refractivity contribution in [3.8, 4) is 0 Å². The lowest BCUT2D eigenvalue weighted by molar-refractivity contribution is -0.115. The van der Waals surface area contributed by atoms with Gasteiger partial charge in [0.25, 0.3) is 0 Å². The number of amides is 1. The number of rotatable bonds is 3. The molecule has 6 heteroatoms. The molecule has 102 valence electrons. The van der Waals surface area contributed by atoms with Gasteiger partial charge in [-0.05, 0) is 32.0 Å². The van der Waals surface area contributed by atoms with E-state index in [4.69, 9.17) is 0 Å². The molecule has 0 radical (unpaired) electrons. The van der Waals surface area contributed by atoms with E-state index in [1.165, 1.54) is 0 Å². The first-order chi connectivity index (χ1) is 9.61. The minimum Gasteiger partial charge on any atom is -0.326 e. The molecule has 0 saturated heterocycles. The molecule has 0 aliphatic rings. The number of H-pyrrole nitrogens is 1. The van der Waals surface area contributed by atoms with E-state index in [9.17, 15) is 4.79 Å². The molecule has 0 spiro atoms. The summed E-state index contributed by atoms with van der Waals surface area (Å²) in [5.41, 5.74) is 2.62. The number of carbonyl (C=O) groups is 1. The second-order valence-corrected chi connectivity index (χ2v) is 5.93. The second-order valence-electron chi connectivity index (χ2n) is 4.64. The standard InChI is InChI=1S/C14H14N4OS/c1-8-13(20-9(2)16-8)6-14(19)17-11-4-3-10-7-15-18-12(10)5-11/h3-5,7H,6H2,1-2H3,(H,15,18)(H,17,19). The van der Waals surface area contributed by atoms with Gasteiger partial charge in [0, 0.05) is 16.0 Å². The van der Waals surface area contributed by atoms with Crippen LogP contribution in [0.4, 0.5) is 5.69 Å². The molecule has 0 unspecified atom stereocenters. The predicted molar refractivity (Wildman–Crippen MR) is 80.0 cm³/mol. The average Bonchev–Trinajstić information content (AvgIpc) is 2.96. The van der Waals surface area contributed by atoms with E-state index in [0.29, 0.717) is 6.42 Å². The van der Waals surface area contributed by atoms with Crippen molar-refractivity contribution in [3.63, 3.8) is 0 Å². The van der Waals surface area contributed by atoms with Gasteiger partial charge >= 0.3 is 0 Å². The maximum atomic E-state index is 12.1. The smallest absolute Gasteiger partial charge is 0.229 e. The maximum Gasteiger partial charge on any atom is 0.229 e. The number of thiazole rings is 1. The van der Waals surface area contributed by atoms with Gasteiger partial charge in [-0.15, -0.1) is 11.3 Å². The number of aromatic nitrogens is 3. The van der Waals surface area contributed by atoms with E-state index in [-0.39, 0.29) is 5.91 Å². The highest BCUT2D eigenvalue weighted by Gasteiger charge is 2.10. The Balaban J connectivity index is 1.73. The molecule has 0 aliphatic carbocycles. The second kappa shape index (κ2) is 5.05. The van der Waals surface area contributed by atoms with Gasteiger partial charge in [-0.1, -0.05) is 0 Å². The monoisotopic (exact) mass is 286 g/mol. The summed E-state index contributed by atoms with van der Waals surface area (Å²) in [6.07, 6.45) is 2.11. The van der Waals surface area contributed by atoms with E-state index in [0.717, 1.165) is 32.2 Å². The van der Waals surface area contributed by atoms with Crippen LogP contribution in [-0.2, 0) is 11.2 Å². The lowest BCUT2D eigenvalue weighted by atomic mass is 10.2. The highest BCUT2D eigenvalue weighted by molar-refractivity contribution is 7.11. The normalized spacial score (nSPS) is 10.9. The predicted octanol–water partition coefficient (Wildman–Crippen LogP) is 2.82. The molecule has 0 atom stereocenters. The fraction of sp³-hybridized carbons (Fsp3) is 0.214. The molecular formula is C14H14N4OS. The van der Waals surface area contributed by atoms with Crippen LogP contribution in [0.15, 0.2) is 24.4 Å². The fourth-order valence-electron chi connectivity index (χ4n) is 2.10. The molecule has 2 heterocycles. The summed E-state index contributed by atoms with van der Waals surface area (Å²) in [4.78, 5) is 17.4. The molecule has 1 aromatic carbocycles. The molecule has 5 nitrogen and oxygen atoms in total. The molecule has 3 rings (SSSR count). The lowest BCUT2D eigenvalue weighted by Gasteiger charge is -2.04. The Morgan fingerprint density at radius 2 is 2.25 bits per heavy atom. The summed E-state index contributed by atoms with van der Waals surface area (Å²) in [6.45, 7) is 3.88. The Morgan fingerprint density at radius 3 is 3.00 bits per heavy atom. The van der Waals surface area contributed by atoms with Crippen molar-refractivity contribution in [2.45, 2.75) is 20.3 Å². The van der Waals surface area contributed by atoms with Crippen molar-refractivity contribution < 1.29 is 4.79 Å². The SMILES string of the molecule is Cc1nc(C)c(CC(=O)Nc2ccc3cn[nH]c3c2)s1. The topological polar surface area (TPSA) is 70.7 Å². The Hall–Kier alpha value is -2.21. The molecule has 0 aliphatic heterocycles. The zero-order chi connectivity index (χ0) is 14.1. The molecule has 0 fully saturated rings.